The summed E-state index contributed by atoms with van der Waals surface area (Å²) in [5.41, 5.74) is 2.42. The second kappa shape index (κ2) is 9.98. The van der Waals surface area contributed by atoms with E-state index < -0.39 is 0 Å². The molecule has 1 aromatic heterocycles. The van der Waals surface area contributed by atoms with Crippen molar-refractivity contribution in [1.82, 2.24) is 19.8 Å². The first kappa shape index (κ1) is 23.7. The number of carbonyl (C=O) groups excluding carboxylic acids is 1. The van der Waals surface area contributed by atoms with E-state index in [1.165, 1.54) is 61.9 Å². The molecule has 0 spiro atoms. The summed E-state index contributed by atoms with van der Waals surface area (Å²) >= 11 is 6.24. The molecular weight excluding hydrogens is 472 g/mol. The van der Waals surface area contributed by atoms with Gasteiger partial charge in [0.15, 0.2) is 0 Å². The Bertz CT molecular complexity index is 1340. The zero-order valence-corrected chi connectivity index (χ0v) is 21.3. The van der Waals surface area contributed by atoms with Crippen LogP contribution in [0.25, 0.3) is 22.3 Å². The van der Waals surface area contributed by atoms with Crippen molar-refractivity contribution in [3.05, 3.63) is 63.4 Å². The van der Waals surface area contributed by atoms with Gasteiger partial charge in [-0.05, 0) is 93.3 Å². The molecule has 1 amide bonds. The highest BCUT2D eigenvalue weighted by Crippen LogP contribution is 2.42. The molecule has 6 rings (SSSR count). The average Bonchev–Trinajstić information content (AvgIpc) is 3.67. The van der Waals surface area contributed by atoms with Gasteiger partial charge in [0, 0.05) is 23.2 Å². The van der Waals surface area contributed by atoms with E-state index >= 15 is 0 Å². The summed E-state index contributed by atoms with van der Waals surface area (Å²) in [5, 5.41) is 4.14. The number of halogens is 1. The van der Waals surface area contributed by atoms with Crippen LogP contribution in [-0.4, -0.2) is 46.0 Å². The summed E-state index contributed by atoms with van der Waals surface area (Å²) < 4.78 is 1.51. The summed E-state index contributed by atoms with van der Waals surface area (Å²) in [7, 11) is 0. The molecule has 0 atom stereocenters. The number of hydrogen-bond acceptors (Lipinski definition) is 4. The molecule has 0 bridgehead atoms. The van der Waals surface area contributed by atoms with E-state index in [0.29, 0.717) is 27.7 Å². The molecule has 36 heavy (non-hydrogen) atoms. The van der Waals surface area contributed by atoms with Gasteiger partial charge in [-0.15, -0.1) is 0 Å². The second-order valence-electron chi connectivity index (χ2n) is 10.9. The van der Waals surface area contributed by atoms with Gasteiger partial charge in [0.2, 0.25) is 5.91 Å². The number of aromatic nitrogens is 2. The third-order valence-electron chi connectivity index (χ3n) is 7.98. The van der Waals surface area contributed by atoms with Gasteiger partial charge in [-0.2, -0.15) is 0 Å². The van der Waals surface area contributed by atoms with Gasteiger partial charge in [0.05, 0.1) is 10.9 Å². The van der Waals surface area contributed by atoms with Crippen molar-refractivity contribution in [3.63, 3.8) is 0 Å². The fourth-order valence-electron chi connectivity index (χ4n) is 5.80. The molecule has 3 aliphatic rings. The predicted octanol–water partition coefficient (Wildman–Crippen LogP) is 4.98. The third kappa shape index (κ3) is 5.07. The van der Waals surface area contributed by atoms with E-state index in [4.69, 9.17) is 16.6 Å². The van der Waals surface area contributed by atoms with Gasteiger partial charge in [-0.1, -0.05) is 36.2 Å². The Hall–Kier alpha value is -2.70. The van der Waals surface area contributed by atoms with Crippen LogP contribution in [0, 0.1) is 5.92 Å². The van der Waals surface area contributed by atoms with Crippen molar-refractivity contribution in [3.8, 4) is 11.4 Å². The van der Waals surface area contributed by atoms with E-state index in [9.17, 15) is 9.59 Å². The Morgan fingerprint density at radius 2 is 1.86 bits per heavy atom. The highest BCUT2D eigenvalue weighted by molar-refractivity contribution is 6.30. The third-order valence-corrected chi connectivity index (χ3v) is 8.21. The van der Waals surface area contributed by atoms with E-state index in [2.05, 4.69) is 16.3 Å². The van der Waals surface area contributed by atoms with Crippen molar-refractivity contribution >= 4 is 28.4 Å². The SMILES string of the molecule is O=C(Cn1c(-c2cccc(Cl)c2)nc2ccc(C3CC(CN4CCCCC4)C3)cc2c1=O)NC1CC1. The normalized spacial score (nSPS) is 22.4. The van der Waals surface area contributed by atoms with Gasteiger partial charge < -0.3 is 10.2 Å². The standard InChI is InChI=1S/C29H33ClN4O2/c30-23-6-4-5-21(15-23)28-32-26-10-7-20(22-13-19(14-22)17-33-11-2-1-3-12-33)16-25(26)29(36)34(28)18-27(35)31-24-8-9-24/h4-7,10,15-16,19,22,24H,1-3,8-9,11-14,17-18H2,(H,31,35). The Balaban J connectivity index is 1.28. The lowest BCUT2D eigenvalue weighted by Gasteiger charge is -2.40. The van der Waals surface area contributed by atoms with Crippen molar-refractivity contribution in [2.24, 2.45) is 5.92 Å². The molecular formula is C29H33ClN4O2. The molecule has 3 fully saturated rings. The smallest absolute Gasteiger partial charge is 0.262 e. The number of likely N-dealkylation sites (tertiary alicyclic amines) is 1. The van der Waals surface area contributed by atoms with Crippen molar-refractivity contribution < 1.29 is 4.79 Å². The molecule has 2 aromatic carbocycles. The van der Waals surface area contributed by atoms with Crippen LogP contribution in [0.5, 0.6) is 0 Å². The minimum atomic E-state index is -0.174. The van der Waals surface area contributed by atoms with Gasteiger partial charge in [0.25, 0.3) is 5.56 Å². The number of rotatable bonds is 7. The van der Waals surface area contributed by atoms with E-state index in [-0.39, 0.29) is 24.1 Å². The molecule has 1 N–H and O–H groups in total. The Labute approximate surface area is 216 Å². The lowest BCUT2D eigenvalue weighted by atomic mass is 9.71. The monoisotopic (exact) mass is 504 g/mol. The zero-order valence-electron chi connectivity index (χ0n) is 20.6. The van der Waals surface area contributed by atoms with Crippen LogP contribution < -0.4 is 10.9 Å². The highest BCUT2D eigenvalue weighted by Gasteiger charge is 2.32. The molecule has 2 heterocycles. The molecule has 6 nitrogen and oxygen atoms in total. The average molecular weight is 505 g/mol. The molecule has 2 aliphatic carbocycles. The first-order valence-corrected chi connectivity index (χ1v) is 13.7. The number of benzene rings is 2. The van der Waals surface area contributed by atoms with Gasteiger partial charge in [0.1, 0.15) is 12.4 Å². The summed E-state index contributed by atoms with van der Waals surface area (Å²) in [6.45, 7) is 3.64. The van der Waals surface area contributed by atoms with E-state index in [1.807, 2.05) is 24.3 Å². The van der Waals surface area contributed by atoms with Crippen molar-refractivity contribution in [2.75, 3.05) is 19.6 Å². The Morgan fingerprint density at radius 3 is 2.61 bits per heavy atom. The maximum Gasteiger partial charge on any atom is 0.262 e. The first-order valence-electron chi connectivity index (χ1n) is 13.4. The van der Waals surface area contributed by atoms with Crippen LogP contribution >= 0.6 is 11.6 Å². The van der Waals surface area contributed by atoms with Crippen LogP contribution in [0.3, 0.4) is 0 Å². The summed E-state index contributed by atoms with van der Waals surface area (Å²) in [5.74, 6) is 1.55. The van der Waals surface area contributed by atoms with E-state index in [0.717, 1.165) is 24.3 Å². The van der Waals surface area contributed by atoms with Crippen LogP contribution in [-0.2, 0) is 11.3 Å². The molecule has 1 aliphatic heterocycles. The summed E-state index contributed by atoms with van der Waals surface area (Å²) in [6.07, 6.45) is 8.38. The number of amides is 1. The lowest BCUT2D eigenvalue weighted by molar-refractivity contribution is -0.121. The second-order valence-corrected chi connectivity index (χ2v) is 11.3. The summed E-state index contributed by atoms with van der Waals surface area (Å²) in [4.78, 5) is 33.9. The number of piperidine rings is 1. The molecule has 0 unspecified atom stereocenters. The topological polar surface area (TPSA) is 67.2 Å². The van der Waals surface area contributed by atoms with Crippen LogP contribution in [0.4, 0.5) is 0 Å². The van der Waals surface area contributed by atoms with E-state index in [1.54, 1.807) is 12.1 Å². The van der Waals surface area contributed by atoms with Gasteiger partial charge in [-0.3, -0.25) is 14.2 Å². The molecule has 188 valence electrons. The predicted molar refractivity (Wildman–Crippen MR) is 143 cm³/mol. The maximum atomic E-state index is 13.8. The summed E-state index contributed by atoms with van der Waals surface area (Å²) in [6, 6.07) is 13.6. The fourth-order valence-corrected chi connectivity index (χ4v) is 5.99. The maximum absolute atomic E-state index is 13.8. The molecule has 7 heteroatoms. The Kier molecular flexibility index (Phi) is 6.57. The molecule has 3 aromatic rings. The molecule has 2 saturated carbocycles. The number of hydrogen-bond donors (Lipinski definition) is 1. The van der Waals surface area contributed by atoms with Crippen molar-refractivity contribution in [2.45, 2.75) is 63.5 Å². The zero-order chi connectivity index (χ0) is 24.6. The van der Waals surface area contributed by atoms with Crippen molar-refractivity contribution in [1.29, 1.82) is 0 Å². The van der Waals surface area contributed by atoms with Gasteiger partial charge >= 0.3 is 0 Å². The first-order chi connectivity index (χ1) is 17.5. The van der Waals surface area contributed by atoms with Crippen LogP contribution in [0.15, 0.2) is 47.3 Å². The number of nitrogens with one attached hydrogen (secondary N) is 1. The van der Waals surface area contributed by atoms with Crippen LogP contribution in [0.1, 0.15) is 56.4 Å². The molecule has 0 radical (unpaired) electrons. The quantitative estimate of drug-likeness (QED) is 0.493. The molecule has 1 saturated heterocycles. The highest BCUT2D eigenvalue weighted by atomic mass is 35.5. The fraction of sp³-hybridized carbons (Fsp3) is 0.483. The number of carbonyl (C=O) groups is 1. The minimum absolute atomic E-state index is 0.0499. The number of fused-ring (bicyclic) bond motifs is 1. The minimum Gasteiger partial charge on any atom is -0.352 e. The largest absolute Gasteiger partial charge is 0.352 e. The number of nitrogens with zero attached hydrogens (tertiary/aromatic N) is 3. The van der Waals surface area contributed by atoms with Crippen LogP contribution in [0.2, 0.25) is 5.02 Å². The lowest BCUT2D eigenvalue weighted by Crippen LogP contribution is -2.38. The van der Waals surface area contributed by atoms with Gasteiger partial charge in [-0.25, -0.2) is 4.98 Å². The Morgan fingerprint density at radius 1 is 1.06 bits per heavy atom.